The monoisotopic (exact) mass is 301 g/mol. The van der Waals surface area contributed by atoms with Gasteiger partial charge in [-0.15, -0.1) is 11.8 Å². The smallest absolute Gasteiger partial charge is 0.163 e. The number of benzene rings is 2. The van der Waals surface area contributed by atoms with Crippen molar-refractivity contribution in [2.75, 3.05) is 18.9 Å². The first kappa shape index (κ1) is 14.1. The number of fused-ring (bicyclic) bond motifs is 1. The zero-order chi connectivity index (χ0) is 14.8. The third kappa shape index (κ3) is 3.10. The fraction of sp³-hybridized carbons (Fsp3) is 0.294. The summed E-state index contributed by atoms with van der Waals surface area (Å²) in [7, 11) is 0. The lowest BCUT2D eigenvalue weighted by Crippen LogP contribution is -2.15. The highest BCUT2D eigenvalue weighted by molar-refractivity contribution is 7.98. The van der Waals surface area contributed by atoms with E-state index < -0.39 is 0 Å². The van der Waals surface area contributed by atoms with Gasteiger partial charge < -0.3 is 15.2 Å². The largest absolute Gasteiger partial charge is 0.486 e. The van der Waals surface area contributed by atoms with E-state index in [1.807, 2.05) is 12.1 Å². The van der Waals surface area contributed by atoms with Crippen molar-refractivity contribution in [3.63, 3.8) is 0 Å². The lowest BCUT2D eigenvalue weighted by Gasteiger charge is -2.20. The lowest BCUT2D eigenvalue weighted by atomic mass is 10.1. The molecule has 0 aliphatic carbocycles. The van der Waals surface area contributed by atoms with Gasteiger partial charge in [-0.25, -0.2) is 0 Å². The number of hydrogen-bond acceptors (Lipinski definition) is 4. The van der Waals surface area contributed by atoms with Crippen molar-refractivity contribution in [3.05, 3.63) is 47.0 Å². The highest BCUT2D eigenvalue weighted by Gasteiger charge is 2.14. The SMILES string of the molecule is Cc1ccc(SCc2cc3c(cc2N)OCCO3)cc1C. The molecular weight excluding hydrogens is 282 g/mol. The number of nitrogen functional groups attached to an aromatic ring is 1. The van der Waals surface area contributed by atoms with Crippen molar-refractivity contribution < 1.29 is 9.47 Å². The van der Waals surface area contributed by atoms with Crippen LogP contribution in [-0.4, -0.2) is 13.2 Å². The van der Waals surface area contributed by atoms with Gasteiger partial charge in [-0.2, -0.15) is 0 Å². The van der Waals surface area contributed by atoms with Gasteiger partial charge in [-0.05, 0) is 48.7 Å². The molecule has 4 heteroatoms. The van der Waals surface area contributed by atoms with Crippen LogP contribution in [0.5, 0.6) is 11.5 Å². The number of hydrogen-bond donors (Lipinski definition) is 1. The summed E-state index contributed by atoms with van der Waals surface area (Å²) >= 11 is 1.78. The Morgan fingerprint density at radius 1 is 1.00 bits per heavy atom. The second-order valence-electron chi connectivity index (χ2n) is 5.23. The first-order chi connectivity index (χ1) is 10.1. The molecule has 0 saturated heterocycles. The second kappa shape index (κ2) is 5.90. The second-order valence-corrected chi connectivity index (χ2v) is 6.28. The van der Waals surface area contributed by atoms with Crippen LogP contribution >= 0.6 is 11.8 Å². The van der Waals surface area contributed by atoms with Crippen molar-refractivity contribution in [1.29, 1.82) is 0 Å². The Morgan fingerprint density at radius 3 is 2.43 bits per heavy atom. The fourth-order valence-electron chi connectivity index (χ4n) is 2.24. The van der Waals surface area contributed by atoms with Crippen molar-refractivity contribution in [3.8, 4) is 11.5 Å². The number of aryl methyl sites for hydroxylation is 2. The first-order valence-electron chi connectivity index (χ1n) is 7.01. The fourth-order valence-corrected chi connectivity index (χ4v) is 3.23. The molecule has 0 unspecified atom stereocenters. The quantitative estimate of drug-likeness (QED) is 0.688. The van der Waals surface area contributed by atoms with Crippen LogP contribution in [0.25, 0.3) is 0 Å². The summed E-state index contributed by atoms with van der Waals surface area (Å²) in [6.07, 6.45) is 0. The zero-order valence-electron chi connectivity index (χ0n) is 12.3. The van der Waals surface area contributed by atoms with Crippen LogP contribution in [-0.2, 0) is 5.75 Å². The van der Waals surface area contributed by atoms with Crippen molar-refractivity contribution in [2.24, 2.45) is 0 Å². The summed E-state index contributed by atoms with van der Waals surface area (Å²) in [4.78, 5) is 1.26. The molecule has 0 amide bonds. The van der Waals surface area contributed by atoms with E-state index in [2.05, 4.69) is 32.0 Å². The van der Waals surface area contributed by atoms with Gasteiger partial charge in [0.15, 0.2) is 11.5 Å². The van der Waals surface area contributed by atoms with Gasteiger partial charge in [-0.3, -0.25) is 0 Å². The Balaban J connectivity index is 1.77. The Morgan fingerprint density at radius 2 is 1.71 bits per heavy atom. The molecule has 2 aromatic rings. The predicted octanol–water partition coefficient (Wildman–Crippen LogP) is 3.95. The highest BCUT2D eigenvalue weighted by atomic mass is 32.2. The third-order valence-corrected chi connectivity index (χ3v) is 4.72. The van der Waals surface area contributed by atoms with Gasteiger partial charge in [0, 0.05) is 22.4 Å². The van der Waals surface area contributed by atoms with Crippen LogP contribution in [0.1, 0.15) is 16.7 Å². The van der Waals surface area contributed by atoms with E-state index in [-0.39, 0.29) is 0 Å². The molecule has 0 atom stereocenters. The minimum absolute atomic E-state index is 0.586. The molecule has 1 aliphatic rings. The van der Waals surface area contributed by atoms with E-state index in [9.17, 15) is 0 Å². The molecule has 3 rings (SSSR count). The summed E-state index contributed by atoms with van der Waals surface area (Å²) in [5.74, 6) is 2.37. The standard InChI is InChI=1S/C17H19NO2S/c1-11-3-4-14(7-12(11)2)21-10-13-8-16-17(9-15(13)18)20-6-5-19-16/h3-4,7-9H,5-6,10,18H2,1-2H3. The number of rotatable bonds is 3. The molecule has 0 aromatic heterocycles. The van der Waals surface area contributed by atoms with E-state index in [4.69, 9.17) is 15.2 Å². The van der Waals surface area contributed by atoms with Crippen molar-refractivity contribution in [2.45, 2.75) is 24.5 Å². The summed E-state index contributed by atoms with van der Waals surface area (Å²) in [6, 6.07) is 10.4. The summed E-state index contributed by atoms with van der Waals surface area (Å²) in [5, 5.41) is 0. The summed E-state index contributed by atoms with van der Waals surface area (Å²) in [6.45, 7) is 5.45. The Labute approximate surface area is 129 Å². The highest BCUT2D eigenvalue weighted by Crippen LogP contribution is 2.36. The van der Waals surface area contributed by atoms with Crippen LogP contribution < -0.4 is 15.2 Å². The minimum atomic E-state index is 0.586. The van der Waals surface area contributed by atoms with Crippen LogP contribution in [0.15, 0.2) is 35.2 Å². The van der Waals surface area contributed by atoms with E-state index in [0.29, 0.717) is 13.2 Å². The number of ether oxygens (including phenoxy) is 2. The Bertz CT molecular complexity index is 670. The average molecular weight is 301 g/mol. The maximum atomic E-state index is 6.11. The summed E-state index contributed by atoms with van der Waals surface area (Å²) < 4.78 is 11.2. The van der Waals surface area contributed by atoms with E-state index in [1.165, 1.54) is 16.0 Å². The molecule has 0 spiro atoms. The number of anilines is 1. The van der Waals surface area contributed by atoms with Gasteiger partial charge in [-0.1, -0.05) is 6.07 Å². The Hall–Kier alpha value is -1.81. The topological polar surface area (TPSA) is 44.5 Å². The van der Waals surface area contributed by atoms with Crippen LogP contribution in [0.3, 0.4) is 0 Å². The van der Waals surface area contributed by atoms with Crippen LogP contribution in [0, 0.1) is 13.8 Å². The lowest BCUT2D eigenvalue weighted by molar-refractivity contribution is 0.171. The van der Waals surface area contributed by atoms with Crippen LogP contribution in [0.2, 0.25) is 0 Å². The molecule has 3 nitrogen and oxygen atoms in total. The van der Waals surface area contributed by atoms with Gasteiger partial charge in [0.1, 0.15) is 13.2 Å². The van der Waals surface area contributed by atoms with Crippen LogP contribution in [0.4, 0.5) is 5.69 Å². The molecule has 0 radical (unpaired) electrons. The Kier molecular flexibility index (Phi) is 3.97. The van der Waals surface area contributed by atoms with Gasteiger partial charge in [0.2, 0.25) is 0 Å². The maximum absolute atomic E-state index is 6.11. The molecule has 0 bridgehead atoms. The van der Waals surface area contributed by atoms with E-state index >= 15 is 0 Å². The first-order valence-corrected chi connectivity index (χ1v) is 8.00. The molecule has 2 N–H and O–H groups in total. The predicted molar refractivity (Wildman–Crippen MR) is 87.3 cm³/mol. The summed E-state index contributed by atoms with van der Waals surface area (Å²) in [5.41, 5.74) is 10.6. The molecule has 0 saturated carbocycles. The van der Waals surface area contributed by atoms with Crippen molar-refractivity contribution >= 4 is 17.4 Å². The molecule has 21 heavy (non-hydrogen) atoms. The van der Waals surface area contributed by atoms with Gasteiger partial charge in [0.25, 0.3) is 0 Å². The van der Waals surface area contributed by atoms with E-state index in [0.717, 1.165) is 28.5 Å². The van der Waals surface area contributed by atoms with Gasteiger partial charge >= 0.3 is 0 Å². The zero-order valence-corrected chi connectivity index (χ0v) is 13.1. The van der Waals surface area contributed by atoms with E-state index in [1.54, 1.807) is 11.8 Å². The number of nitrogens with two attached hydrogens (primary N) is 1. The third-order valence-electron chi connectivity index (χ3n) is 3.68. The molecule has 110 valence electrons. The molecule has 1 aliphatic heterocycles. The minimum Gasteiger partial charge on any atom is -0.486 e. The molecule has 0 fully saturated rings. The normalized spacial score (nSPS) is 13.2. The maximum Gasteiger partial charge on any atom is 0.163 e. The average Bonchev–Trinajstić information content (AvgIpc) is 2.48. The molecular formula is C17H19NO2S. The molecule has 1 heterocycles. The van der Waals surface area contributed by atoms with Gasteiger partial charge in [0.05, 0.1) is 0 Å². The van der Waals surface area contributed by atoms with Crippen molar-refractivity contribution in [1.82, 2.24) is 0 Å². The number of thioether (sulfide) groups is 1. The molecule has 2 aromatic carbocycles.